The van der Waals surface area contributed by atoms with Gasteiger partial charge in [0.1, 0.15) is 30.5 Å². The average molecular weight is 533 g/mol. The summed E-state index contributed by atoms with van der Waals surface area (Å²) in [5.74, 6) is -4.18. The van der Waals surface area contributed by atoms with Gasteiger partial charge in [-0.2, -0.15) is 8.78 Å². The fourth-order valence-corrected chi connectivity index (χ4v) is 3.73. The number of carbonyl (C=O) groups is 2. The van der Waals surface area contributed by atoms with Gasteiger partial charge >= 0.3 is 6.61 Å². The summed E-state index contributed by atoms with van der Waals surface area (Å²) in [5, 5.41) is 16.1. The molecule has 0 radical (unpaired) electrons. The van der Waals surface area contributed by atoms with Gasteiger partial charge in [0, 0.05) is 29.2 Å². The van der Waals surface area contributed by atoms with Crippen molar-refractivity contribution < 1.29 is 41.8 Å². The molecule has 0 bridgehead atoms. The van der Waals surface area contributed by atoms with E-state index in [4.69, 9.17) is 17.3 Å². The number of amidine groups is 1. The van der Waals surface area contributed by atoms with E-state index in [2.05, 4.69) is 20.0 Å². The summed E-state index contributed by atoms with van der Waals surface area (Å²) in [7, 11) is 1.21. The van der Waals surface area contributed by atoms with Crippen LogP contribution in [0.5, 0.6) is 5.75 Å². The fourth-order valence-electron chi connectivity index (χ4n) is 3.50. The van der Waals surface area contributed by atoms with Gasteiger partial charge in [0.05, 0.1) is 0 Å². The maximum Gasteiger partial charge on any atom is 0.387 e. The summed E-state index contributed by atoms with van der Waals surface area (Å²) in [6.07, 6.45) is -1.59. The molecule has 194 valence electrons. The largest absolute Gasteiger partial charge is 0.435 e. The first kappa shape index (κ1) is 27.0. The molecule has 2 aromatic rings. The van der Waals surface area contributed by atoms with E-state index in [9.17, 15) is 32.3 Å². The molecule has 4 N–H and O–H groups in total. The van der Waals surface area contributed by atoms with Crippen molar-refractivity contribution in [2.75, 3.05) is 13.7 Å². The van der Waals surface area contributed by atoms with E-state index < -0.39 is 54.3 Å². The van der Waals surface area contributed by atoms with Gasteiger partial charge in [0.25, 0.3) is 5.91 Å². The first-order valence-electron chi connectivity index (χ1n) is 10.4. The predicted molar refractivity (Wildman–Crippen MR) is 119 cm³/mol. The van der Waals surface area contributed by atoms with Crippen molar-refractivity contribution in [2.24, 2.45) is 10.9 Å². The van der Waals surface area contributed by atoms with Crippen molar-refractivity contribution in [2.45, 2.75) is 31.7 Å². The third-order valence-corrected chi connectivity index (χ3v) is 5.56. The van der Waals surface area contributed by atoms with Crippen molar-refractivity contribution in [3.63, 3.8) is 0 Å². The maximum atomic E-state index is 14.4. The molecule has 2 atom stereocenters. The lowest BCUT2D eigenvalue weighted by Crippen LogP contribution is -2.59. The number of nitrogens with zero attached hydrogens (tertiary/aromatic N) is 2. The predicted octanol–water partition coefficient (Wildman–Crippen LogP) is 2.44. The summed E-state index contributed by atoms with van der Waals surface area (Å²) in [6.45, 7) is -3.55. The minimum absolute atomic E-state index is 0.0572. The summed E-state index contributed by atoms with van der Waals surface area (Å²) in [4.78, 5) is 30.8. The summed E-state index contributed by atoms with van der Waals surface area (Å²) in [6, 6.07) is 4.13. The Morgan fingerprint density at radius 2 is 1.92 bits per heavy atom. The second-order valence-electron chi connectivity index (χ2n) is 7.63. The van der Waals surface area contributed by atoms with E-state index in [-0.39, 0.29) is 40.7 Å². The molecule has 0 aliphatic carbocycles. The Balaban J connectivity index is 1.66. The first-order valence-corrected chi connectivity index (χ1v) is 10.8. The van der Waals surface area contributed by atoms with Crippen LogP contribution in [0.2, 0.25) is 5.02 Å². The van der Waals surface area contributed by atoms with Crippen LogP contribution in [0, 0.1) is 11.6 Å². The number of ether oxygens (including phenoxy) is 1. The number of nitrogens with one attached hydrogen (secondary N) is 1. The van der Waals surface area contributed by atoms with Gasteiger partial charge in [-0.25, -0.2) is 8.78 Å². The molecule has 0 aromatic heterocycles. The summed E-state index contributed by atoms with van der Waals surface area (Å²) < 4.78 is 58.0. The number of likely N-dealkylation sites (tertiary alicyclic amines) is 1. The van der Waals surface area contributed by atoms with Gasteiger partial charge in [-0.15, -0.1) is 0 Å². The normalized spacial score (nSPS) is 16.4. The molecule has 1 heterocycles. The van der Waals surface area contributed by atoms with Crippen molar-refractivity contribution >= 4 is 29.3 Å². The summed E-state index contributed by atoms with van der Waals surface area (Å²) >= 11 is 5.85. The molecule has 14 heteroatoms. The molecule has 2 unspecified atom stereocenters. The smallest absolute Gasteiger partial charge is 0.387 e. The maximum absolute atomic E-state index is 14.4. The standard InChI is InChI=1S/C22H21ClF4N4O5/c1-35-30-19(28)11-6-15(24)14(16(25)7-11)9-29-20(33)17-2-3-31(17)21(34)18(32)10-4-12(23)8-13(5-10)36-22(26)27/h4-8,17-18,22,32H,2-3,9H2,1H3,(H2,28,30)(H,29,33). The molecule has 1 aliphatic rings. The minimum atomic E-state index is -3.14. The third-order valence-electron chi connectivity index (χ3n) is 5.34. The highest BCUT2D eigenvalue weighted by Crippen LogP contribution is 2.30. The number of amides is 2. The van der Waals surface area contributed by atoms with Crippen molar-refractivity contribution in [3.8, 4) is 5.75 Å². The van der Waals surface area contributed by atoms with Gasteiger partial charge in [-0.3, -0.25) is 9.59 Å². The van der Waals surface area contributed by atoms with Crippen molar-refractivity contribution in [1.29, 1.82) is 0 Å². The summed E-state index contributed by atoms with van der Waals surface area (Å²) in [5.41, 5.74) is 4.92. The number of halogens is 5. The Kier molecular flexibility index (Phi) is 8.58. The van der Waals surface area contributed by atoms with Gasteiger partial charge in [0.2, 0.25) is 5.91 Å². The number of alkyl halides is 2. The molecule has 1 aliphatic heterocycles. The van der Waals surface area contributed by atoms with Gasteiger partial charge in [-0.1, -0.05) is 16.8 Å². The molecule has 1 saturated heterocycles. The Hall–Kier alpha value is -3.58. The number of hydrogen-bond acceptors (Lipinski definition) is 6. The second kappa shape index (κ2) is 11.4. The SMILES string of the molecule is CO/N=C(\N)c1cc(F)c(CNC(=O)C2CCN2C(=O)C(O)c2cc(Cl)cc(OC(F)F)c2)c(F)c1. The second-order valence-corrected chi connectivity index (χ2v) is 8.07. The lowest BCUT2D eigenvalue weighted by molar-refractivity contribution is -0.154. The lowest BCUT2D eigenvalue weighted by atomic mass is 9.98. The van der Waals surface area contributed by atoms with Gasteiger partial charge in [0.15, 0.2) is 11.9 Å². The van der Waals surface area contributed by atoms with Crippen LogP contribution in [0.25, 0.3) is 0 Å². The van der Waals surface area contributed by atoms with Gasteiger partial charge in [-0.05, 0) is 42.3 Å². The zero-order valence-corrected chi connectivity index (χ0v) is 19.4. The molecule has 9 nitrogen and oxygen atoms in total. The first-order chi connectivity index (χ1) is 17.0. The van der Waals surface area contributed by atoms with Gasteiger partial charge < -0.3 is 30.6 Å². The molecule has 0 spiro atoms. The zero-order chi connectivity index (χ0) is 26.6. The molecular formula is C22H21ClF4N4O5. The van der Waals surface area contributed by atoms with E-state index in [1.54, 1.807) is 0 Å². The fraction of sp³-hybridized carbons (Fsp3) is 0.318. The highest BCUT2D eigenvalue weighted by Gasteiger charge is 2.40. The van der Waals surface area contributed by atoms with Crippen LogP contribution in [0.3, 0.4) is 0 Å². The number of aliphatic hydroxyl groups is 1. The van der Waals surface area contributed by atoms with Crippen molar-refractivity contribution in [1.82, 2.24) is 10.2 Å². The van der Waals surface area contributed by atoms with Crippen LogP contribution in [-0.4, -0.2) is 54.0 Å². The van der Waals surface area contributed by atoms with Crippen LogP contribution in [0.4, 0.5) is 17.6 Å². The average Bonchev–Trinajstić information content (AvgIpc) is 2.76. The molecule has 1 fully saturated rings. The molecule has 2 aromatic carbocycles. The van der Waals surface area contributed by atoms with Crippen LogP contribution < -0.4 is 15.8 Å². The minimum Gasteiger partial charge on any atom is -0.435 e. The van der Waals surface area contributed by atoms with Crippen LogP contribution in [-0.2, 0) is 21.0 Å². The monoisotopic (exact) mass is 532 g/mol. The van der Waals surface area contributed by atoms with Crippen LogP contribution in [0.1, 0.15) is 29.2 Å². The Morgan fingerprint density at radius 3 is 2.47 bits per heavy atom. The van der Waals surface area contributed by atoms with E-state index >= 15 is 0 Å². The van der Waals surface area contributed by atoms with E-state index in [1.165, 1.54) is 13.2 Å². The molecular weight excluding hydrogens is 512 g/mol. The highest BCUT2D eigenvalue weighted by molar-refractivity contribution is 6.30. The lowest BCUT2D eigenvalue weighted by Gasteiger charge is -2.40. The zero-order valence-electron chi connectivity index (χ0n) is 18.7. The number of carbonyl (C=O) groups excluding carboxylic acids is 2. The number of nitrogens with two attached hydrogens (primary N) is 1. The van der Waals surface area contributed by atoms with Crippen LogP contribution in [0.15, 0.2) is 35.5 Å². The van der Waals surface area contributed by atoms with Crippen LogP contribution >= 0.6 is 11.6 Å². The number of hydrogen-bond donors (Lipinski definition) is 3. The van der Waals surface area contributed by atoms with E-state index in [0.29, 0.717) is 0 Å². The topological polar surface area (TPSA) is 126 Å². The van der Waals surface area contributed by atoms with Crippen molar-refractivity contribution in [3.05, 3.63) is 63.7 Å². The Morgan fingerprint density at radius 1 is 1.25 bits per heavy atom. The number of rotatable bonds is 9. The Labute approximate surface area is 207 Å². The Bertz CT molecular complexity index is 1160. The quantitative estimate of drug-likeness (QED) is 0.197. The molecule has 0 saturated carbocycles. The molecule has 2 amide bonds. The molecule has 3 rings (SSSR count). The third kappa shape index (κ3) is 6.15. The highest BCUT2D eigenvalue weighted by atomic mass is 35.5. The van der Waals surface area contributed by atoms with E-state index in [1.807, 2.05) is 0 Å². The number of benzene rings is 2. The number of oxime groups is 1. The van der Waals surface area contributed by atoms with E-state index in [0.717, 1.165) is 29.2 Å². The molecule has 36 heavy (non-hydrogen) atoms. The number of aliphatic hydroxyl groups excluding tert-OH is 1.